The predicted octanol–water partition coefficient (Wildman–Crippen LogP) is 1.44. The molecule has 1 amide bonds. The number of nitrogens with one attached hydrogen (secondary N) is 1. The van der Waals surface area contributed by atoms with Gasteiger partial charge in [0, 0.05) is 18.7 Å². The molecule has 0 aromatic heterocycles. The minimum atomic E-state index is -1.11. The molecule has 116 valence electrons. The van der Waals surface area contributed by atoms with Crippen LogP contribution in [0.25, 0.3) is 0 Å². The highest BCUT2D eigenvalue weighted by Gasteiger charge is 2.12. The first kappa shape index (κ1) is 19.1. The van der Waals surface area contributed by atoms with Crippen LogP contribution < -0.4 is 5.32 Å². The molecule has 0 aliphatic rings. The van der Waals surface area contributed by atoms with Gasteiger partial charge in [-0.1, -0.05) is 24.3 Å². The summed E-state index contributed by atoms with van der Waals surface area (Å²) in [7, 11) is 0. The Balaban J connectivity index is 0.00000400. The number of aliphatic carboxylic acids is 1. The van der Waals surface area contributed by atoms with Crippen molar-refractivity contribution in [2.24, 2.45) is 0 Å². The lowest BCUT2D eigenvalue weighted by atomic mass is 10.2. The van der Waals surface area contributed by atoms with Crippen LogP contribution in [-0.4, -0.2) is 41.5 Å². The van der Waals surface area contributed by atoms with Crippen molar-refractivity contribution in [1.82, 2.24) is 10.2 Å². The Kier molecular flexibility index (Phi) is 9.00. The predicted molar refractivity (Wildman–Crippen MR) is 79.8 cm³/mol. The molecule has 1 rings (SSSR count). The molecule has 0 unspecified atom stereocenters. The van der Waals surface area contributed by atoms with Gasteiger partial charge in [0.05, 0.1) is 6.54 Å². The Morgan fingerprint density at radius 1 is 1.38 bits per heavy atom. The molecule has 7 heteroatoms. The molecule has 0 aliphatic carbocycles. The van der Waals surface area contributed by atoms with E-state index in [0.29, 0.717) is 12.1 Å². The summed E-state index contributed by atoms with van der Waals surface area (Å²) in [6.45, 7) is 3.78. The van der Waals surface area contributed by atoms with Crippen molar-refractivity contribution >= 4 is 24.3 Å². The molecule has 1 aromatic carbocycles. The third kappa shape index (κ3) is 7.43. The Morgan fingerprint density at radius 3 is 2.62 bits per heavy atom. The fourth-order valence-electron chi connectivity index (χ4n) is 1.67. The van der Waals surface area contributed by atoms with Gasteiger partial charge in [0.2, 0.25) is 5.91 Å². The summed E-state index contributed by atoms with van der Waals surface area (Å²) in [5.41, 5.74) is 0.473. The van der Waals surface area contributed by atoms with E-state index in [4.69, 9.17) is 5.11 Å². The lowest BCUT2D eigenvalue weighted by molar-refractivity contribution is -0.138. The maximum atomic E-state index is 13.6. The van der Waals surface area contributed by atoms with Crippen LogP contribution in [0.1, 0.15) is 5.56 Å². The molecule has 0 heterocycles. The fraction of sp³-hybridized carbons (Fsp3) is 0.286. The van der Waals surface area contributed by atoms with Crippen molar-refractivity contribution in [2.45, 2.75) is 6.54 Å². The highest BCUT2D eigenvalue weighted by Crippen LogP contribution is 2.09. The summed E-state index contributed by atoms with van der Waals surface area (Å²) in [6.07, 6.45) is 1.60. The van der Waals surface area contributed by atoms with Gasteiger partial charge in [-0.15, -0.1) is 19.0 Å². The summed E-state index contributed by atoms with van der Waals surface area (Å²) in [6, 6.07) is 6.30. The van der Waals surface area contributed by atoms with Crippen molar-refractivity contribution in [2.75, 3.05) is 19.6 Å². The van der Waals surface area contributed by atoms with Crippen molar-refractivity contribution in [3.8, 4) is 0 Å². The Bertz CT molecular complexity index is 497. The second-order valence-electron chi connectivity index (χ2n) is 4.22. The zero-order chi connectivity index (χ0) is 15.0. The summed E-state index contributed by atoms with van der Waals surface area (Å²) in [5.74, 6) is -1.87. The van der Waals surface area contributed by atoms with E-state index in [2.05, 4.69) is 11.9 Å². The number of carbonyl (C=O) groups is 2. The van der Waals surface area contributed by atoms with Crippen molar-refractivity contribution in [1.29, 1.82) is 0 Å². The summed E-state index contributed by atoms with van der Waals surface area (Å²) in [4.78, 5) is 23.6. The molecule has 0 fully saturated rings. The maximum absolute atomic E-state index is 13.6. The van der Waals surface area contributed by atoms with Gasteiger partial charge in [0.1, 0.15) is 12.4 Å². The van der Waals surface area contributed by atoms with Gasteiger partial charge in [-0.2, -0.15) is 0 Å². The number of nitrogens with zero attached hydrogens (tertiary/aromatic N) is 1. The number of carboxylic acids is 1. The van der Waals surface area contributed by atoms with Gasteiger partial charge >= 0.3 is 5.97 Å². The number of hydrogen-bond donors (Lipinski definition) is 2. The number of carbonyl (C=O) groups excluding carboxylic acids is 1. The zero-order valence-electron chi connectivity index (χ0n) is 11.4. The molecule has 0 radical (unpaired) electrons. The minimum Gasteiger partial charge on any atom is -0.480 e. The van der Waals surface area contributed by atoms with E-state index in [1.54, 1.807) is 29.2 Å². The normalized spacial score (nSPS) is 9.81. The van der Waals surface area contributed by atoms with Gasteiger partial charge in [-0.25, -0.2) is 4.39 Å². The van der Waals surface area contributed by atoms with E-state index in [9.17, 15) is 14.0 Å². The van der Waals surface area contributed by atoms with Crippen LogP contribution >= 0.6 is 12.4 Å². The lowest BCUT2D eigenvalue weighted by Gasteiger charge is -2.20. The van der Waals surface area contributed by atoms with E-state index in [1.165, 1.54) is 6.07 Å². The van der Waals surface area contributed by atoms with Crippen LogP contribution in [0.3, 0.4) is 0 Å². The van der Waals surface area contributed by atoms with Gasteiger partial charge < -0.3 is 10.4 Å². The first-order valence-electron chi connectivity index (χ1n) is 6.08. The minimum absolute atomic E-state index is 0. The number of amides is 1. The third-order valence-electron chi connectivity index (χ3n) is 2.54. The second-order valence-corrected chi connectivity index (χ2v) is 4.22. The highest BCUT2D eigenvalue weighted by molar-refractivity contribution is 5.85. The van der Waals surface area contributed by atoms with Crippen molar-refractivity contribution in [3.05, 3.63) is 48.3 Å². The van der Waals surface area contributed by atoms with Crippen LogP contribution in [0, 0.1) is 5.82 Å². The molecule has 0 spiro atoms. The summed E-state index contributed by atoms with van der Waals surface area (Å²) >= 11 is 0. The first-order valence-corrected chi connectivity index (χ1v) is 6.08. The number of hydrogen-bond acceptors (Lipinski definition) is 3. The molecular weight excluding hydrogens is 299 g/mol. The molecular formula is C14H18ClFN2O3. The smallest absolute Gasteiger partial charge is 0.322 e. The SMILES string of the molecule is C=CCN(CC(=O)NCC(=O)O)Cc1ccccc1F.Cl. The topological polar surface area (TPSA) is 69.6 Å². The molecule has 0 saturated carbocycles. The lowest BCUT2D eigenvalue weighted by Crippen LogP contribution is -2.39. The standard InChI is InChI=1S/C14H17FN2O3.ClH/c1-2-7-17(10-13(18)16-8-14(19)20)9-11-5-3-4-6-12(11)15;/h2-6H,1,7-10H2,(H,16,18)(H,19,20);1H. The molecule has 0 bridgehead atoms. The number of benzene rings is 1. The van der Waals surface area contributed by atoms with Crippen LogP contribution in [0.5, 0.6) is 0 Å². The average molecular weight is 317 g/mol. The zero-order valence-corrected chi connectivity index (χ0v) is 12.2. The summed E-state index contributed by atoms with van der Waals surface area (Å²) in [5, 5.41) is 10.7. The Labute approximate surface area is 128 Å². The molecule has 1 aromatic rings. The van der Waals surface area contributed by atoms with Crippen LogP contribution in [-0.2, 0) is 16.1 Å². The van der Waals surface area contributed by atoms with Gasteiger partial charge in [0.15, 0.2) is 0 Å². The van der Waals surface area contributed by atoms with Crippen LogP contribution in [0.15, 0.2) is 36.9 Å². The van der Waals surface area contributed by atoms with E-state index in [-0.39, 0.29) is 31.3 Å². The van der Waals surface area contributed by atoms with Crippen molar-refractivity contribution < 1.29 is 19.1 Å². The molecule has 0 atom stereocenters. The molecule has 5 nitrogen and oxygen atoms in total. The van der Waals surface area contributed by atoms with E-state index >= 15 is 0 Å². The number of halogens is 2. The van der Waals surface area contributed by atoms with Crippen LogP contribution in [0.4, 0.5) is 4.39 Å². The monoisotopic (exact) mass is 316 g/mol. The number of rotatable bonds is 8. The van der Waals surface area contributed by atoms with E-state index in [0.717, 1.165) is 0 Å². The van der Waals surface area contributed by atoms with Crippen molar-refractivity contribution in [3.63, 3.8) is 0 Å². The summed E-state index contributed by atoms with van der Waals surface area (Å²) < 4.78 is 13.6. The van der Waals surface area contributed by atoms with E-state index < -0.39 is 18.4 Å². The Hall–Kier alpha value is -1.92. The molecule has 0 aliphatic heterocycles. The quantitative estimate of drug-likeness (QED) is 0.712. The average Bonchev–Trinajstić information content (AvgIpc) is 2.39. The fourth-order valence-corrected chi connectivity index (χ4v) is 1.67. The molecule has 0 saturated heterocycles. The van der Waals surface area contributed by atoms with Gasteiger partial charge in [-0.05, 0) is 6.07 Å². The molecule has 21 heavy (non-hydrogen) atoms. The third-order valence-corrected chi connectivity index (χ3v) is 2.54. The first-order chi connectivity index (χ1) is 9.52. The van der Waals surface area contributed by atoms with Crippen LogP contribution in [0.2, 0.25) is 0 Å². The Morgan fingerprint density at radius 2 is 2.05 bits per heavy atom. The molecule has 2 N–H and O–H groups in total. The number of carboxylic acid groups (broad SMARTS) is 1. The van der Waals surface area contributed by atoms with Gasteiger partial charge in [-0.3, -0.25) is 14.5 Å². The van der Waals surface area contributed by atoms with Gasteiger partial charge in [0.25, 0.3) is 0 Å². The maximum Gasteiger partial charge on any atom is 0.322 e. The largest absolute Gasteiger partial charge is 0.480 e. The van der Waals surface area contributed by atoms with E-state index in [1.807, 2.05) is 0 Å². The second kappa shape index (κ2) is 9.90. The highest BCUT2D eigenvalue weighted by atomic mass is 35.5.